The molecule has 0 aromatic heterocycles. The lowest BCUT2D eigenvalue weighted by atomic mass is 9.84. The Morgan fingerprint density at radius 3 is 2.52 bits per heavy atom. The first-order valence-corrected chi connectivity index (χ1v) is 10.3. The molecular formula is C18H25N4O2P. The number of morpholine rings is 1. The second-order valence-electron chi connectivity index (χ2n) is 7.28. The molecule has 6 nitrogen and oxygen atoms in total. The van der Waals surface area contributed by atoms with Crippen LogP contribution in [0.25, 0.3) is 0 Å². The van der Waals surface area contributed by atoms with Gasteiger partial charge in [-0.15, -0.1) is 0 Å². The predicted molar refractivity (Wildman–Crippen MR) is 101 cm³/mol. The lowest BCUT2D eigenvalue weighted by Gasteiger charge is -2.37. The van der Waals surface area contributed by atoms with Gasteiger partial charge in [-0.3, -0.25) is 4.57 Å². The average Bonchev–Trinajstić information content (AvgIpc) is 3.02. The van der Waals surface area contributed by atoms with Crippen molar-refractivity contribution in [1.82, 2.24) is 9.45 Å². The molecule has 0 bridgehead atoms. The molecular weight excluding hydrogens is 335 g/mol. The number of nitrogens with zero attached hydrogens (tertiary/aromatic N) is 4. The number of allylic oxidation sites excluding steroid dienone is 2. The molecule has 0 N–H and O–H groups in total. The number of anilines is 1. The third-order valence-corrected chi connectivity index (χ3v) is 8.54. The van der Waals surface area contributed by atoms with Gasteiger partial charge in [0, 0.05) is 44.0 Å². The molecule has 3 aliphatic heterocycles. The Labute approximate surface area is 149 Å². The maximum Gasteiger partial charge on any atom is 0.287 e. The summed E-state index contributed by atoms with van der Waals surface area (Å²) in [6.07, 6.45) is 1.80. The fourth-order valence-electron chi connectivity index (χ4n) is 4.25. The molecule has 0 saturated carbocycles. The highest BCUT2D eigenvalue weighted by molar-refractivity contribution is 7.65. The van der Waals surface area contributed by atoms with Gasteiger partial charge in [-0.25, -0.2) is 9.45 Å². The number of rotatable bonds is 1. The molecule has 3 heterocycles. The summed E-state index contributed by atoms with van der Waals surface area (Å²) < 4.78 is 23.4. The molecule has 0 spiro atoms. The van der Waals surface area contributed by atoms with Gasteiger partial charge >= 0.3 is 0 Å². The molecule has 1 saturated heterocycles. The van der Waals surface area contributed by atoms with E-state index < -0.39 is 7.44 Å². The van der Waals surface area contributed by atoms with Crippen LogP contribution in [0.1, 0.15) is 19.4 Å². The van der Waals surface area contributed by atoms with E-state index >= 15 is 0 Å². The Hall–Kier alpha value is -1.62. The number of ether oxygens (including phenoxy) is 1. The van der Waals surface area contributed by atoms with Crippen LogP contribution in [0.3, 0.4) is 0 Å². The number of benzene rings is 1. The third-order valence-electron chi connectivity index (χ3n) is 5.53. The molecule has 4 rings (SSSR count). The summed E-state index contributed by atoms with van der Waals surface area (Å²) in [7, 11) is 0.937. The van der Waals surface area contributed by atoms with Crippen LogP contribution in [0.15, 0.2) is 40.4 Å². The second-order valence-corrected chi connectivity index (χ2v) is 9.99. The van der Waals surface area contributed by atoms with Crippen molar-refractivity contribution in [3.63, 3.8) is 0 Å². The molecule has 7 heteroatoms. The number of hydrogen-bond acceptors (Lipinski definition) is 4. The van der Waals surface area contributed by atoms with Gasteiger partial charge in [0.2, 0.25) is 0 Å². The van der Waals surface area contributed by atoms with E-state index in [0.717, 1.165) is 11.0 Å². The van der Waals surface area contributed by atoms with Gasteiger partial charge in [-0.2, -0.15) is 5.10 Å². The number of hydrogen-bond donors (Lipinski definition) is 0. The van der Waals surface area contributed by atoms with Crippen molar-refractivity contribution in [2.75, 3.05) is 45.3 Å². The van der Waals surface area contributed by atoms with Gasteiger partial charge in [0.1, 0.15) is 0 Å². The zero-order chi connectivity index (χ0) is 17.8. The Morgan fingerprint density at radius 2 is 1.84 bits per heavy atom. The largest absolute Gasteiger partial charge is 0.379 e. The Kier molecular flexibility index (Phi) is 3.83. The van der Waals surface area contributed by atoms with Crippen molar-refractivity contribution < 1.29 is 9.30 Å². The van der Waals surface area contributed by atoms with E-state index in [2.05, 4.69) is 59.8 Å². The summed E-state index contributed by atoms with van der Waals surface area (Å²) >= 11 is 0. The first kappa shape index (κ1) is 16.8. The summed E-state index contributed by atoms with van der Waals surface area (Å²) in [4.78, 5) is 2.18. The third kappa shape index (κ3) is 2.24. The quantitative estimate of drug-likeness (QED) is 0.721. The van der Waals surface area contributed by atoms with Gasteiger partial charge in [0.15, 0.2) is 0 Å². The highest BCUT2D eigenvalue weighted by atomic mass is 31.2. The smallest absolute Gasteiger partial charge is 0.287 e. The number of hydrazone groups is 1. The monoisotopic (exact) mass is 360 g/mol. The van der Waals surface area contributed by atoms with Crippen LogP contribution in [0.5, 0.6) is 0 Å². The van der Waals surface area contributed by atoms with E-state index in [9.17, 15) is 4.57 Å². The molecule has 134 valence electrons. The normalized spacial score (nSPS) is 31.7. The highest BCUT2D eigenvalue weighted by Crippen LogP contribution is 2.65. The first-order valence-electron chi connectivity index (χ1n) is 8.68. The molecule has 1 aromatic carbocycles. The van der Waals surface area contributed by atoms with Crippen LogP contribution in [-0.4, -0.2) is 56.1 Å². The van der Waals surface area contributed by atoms with Gasteiger partial charge in [0.05, 0.1) is 24.7 Å². The predicted octanol–water partition coefficient (Wildman–Crippen LogP) is 3.08. The number of likely N-dealkylation sites (N-methyl/N-ethyl adjacent to an activating group) is 1. The molecule has 0 amide bonds. The minimum Gasteiger partial charge on any atom is -0.379 e. The standard InChI is InChI=1S/C18H25N4O2P/c1-18(2)14-7-5-6-8-15(14)20(3)17(18)16-13-19-21(4)25(16,23)22-9-11-24-12-10-22/h5-8,13H,9-12H2,1-4H3/b17-16-. The maximum atomic E-state index is 14.2. The number of fused-ring (bicyclic) bond motifs is 1. The van der Waals surface area contributed by atoms with E-state index in [4.69, 9.17) is 4.74 Å². The van der Waals surface area contributed by atoms with E-state index in [0.29, 0.717) is 26.3 Å². The minimum absolute atomic E-state index is 0.222. The Balaban J connectivity index is 1.89. The average molecular weight is 360 g/mol. The van der Waals surface area contributed by atoms with Crippen molar-refractivity contribution in [1.29, 1.82) is 0 Å². The van der Waals surface area contributed by atoms with Crippen LogP contribution in [0, 0.1) is 0 Å². The molecule has 1 aromatic rings. The molecule has 25 heavy (non-hydrogen) atoms. The van der Waals surface area contributed by atoms with E-state index in [1.54, 1.807) is 11.0 Å². The summed E-state index contributed by atoms with van der Waals surface area (Å²) in [6.45, 7) is 6.96. The fraction of sp³-hybridized carbons (Fsp3) is 0.500. The van der Waals surface area contributed by atoms with E-state index in [1.165, 1.54) is 11.3 Å². The highest BCUT2D eigenvalue weighted by Gasteiger charge is 2.49. The van der Waals surface area contributed by atoms with Crippen LogP contribution < -0.4 is 4.90 Å². The molecule has 1 atom stereocenters. The Bertz CT molecular complexity index is 811. The Morgan fingerprint density at radius 1 is 1.16 bits per heavy atom. The van der Waals surface area contributed by atoms with Crippen LogP contribution in [-0.2, 0) is 14.7 Å². The molecule has 3 aliphatic rings. The lowest BCUT2D eigenvalue weighted by Crippen LogP contribution is -2.37. The van der Waals surface area contributed by atoms with Gasteiger partial charge in [0.25, 0.3) is 7.44 Å². The lowest BCUT2D eigenvalue weighted by molar-refractivity contribution is 0.0701. The van der Waals surface area contributed by atoms with Crippen molar-refractivity contribution in [2.45, 2.75) is 19.3 Å². The van der Waals surface area contributed by atoms with Crippen molar-refractivity contribution >= 4 is 19.3 Å². The number of para-hydroxylation sites is 1. The molecule has 0 radical (unpaired) electrons. The van der Waals surface area contributed by atoms with Gasteiger partial charge < -0.3 is 9.64 Å². The molecule has 1 fully saturated rings. The summed E-state index contributed by atoms with van der Waals surface area (Å²) in [5.74, 6) is 0. The maximum absolute atomic E-state index is 14.2. The van der Waals surface area contributed by atoms with Gasteiger partial charge in [-0.05, 0) is 11.6 Å². The van der Waals surface area contributed by atoms with Crippen molar-refractivity contribution in [2.24, 2.45) is 5.10 Å². The van der Waals surface area contributed by atoms with E-state index in [-0.39, 0.29) is 5.41 Å². The van der Waals surface area contributed by atoms with E-state index in [1.807, 2.05) is 7.05 Å². The first-order chi connectivity index (χ1) is 11.9. The van der Waals surface area contributed by atoms with Crippen LogP contribution in [0.2, 0.25) is 0 Å². The zero-order valence-electron chi connectivity index (χ0n) is 15.3. The SMILES string of the molecule is CN1/C(=C2/C=NN(C)P2(=O)N2CCOCC2)C(C)(C)c2ccccc21. The van der Waals surface area contributed by atoms with Crippen molar-refractivity contribution in [3.8, 4) is 0 Å². The topological polar surface area (TPSA) is 48.4 Å². The van der Waals surface area contributed by atoms with Gasteiger partial charge in [-0.1, -0.05) is 32.0 Å². The summed E-state index contributed by atoms with van der Waals surface area (Å²) in [5.41, 5.74) is 3.29. The molecule has 1 unspecified atom stereocenters. The summed E-state index contributed by atoms with van der Waals surface area (Å²) in [5, 5.41) is 5.28. The minimum atomic E-state index is -2.94. The second kappa shape index (κ2) is 5.70. The van der Waals surface area contributed by atoms with Crippen LogP contribution >= 0.6 is 7.44 Å². The van der Waals surface area contributed by atoms with Crippen LogP contribution in [0.4, 0.5) is 5.69 Å². The van der Waals surface area contributed by atoms with Crippen molar-refractivity contribution in [3.05, 3.63) is 40.8 Å². The molecule has 0 aliphatic carbocycles. The fourth-order valence-corrected chi connectivity index (χ4v) is 7.04. The zero-order valence-corrected chi connectivity index (χ0v) is 16.2. The summed E-state index contributed by atoms with van der Waals surface area (Å²) in [6, 6.07) is 8.41.